The average Bonchev–Trinajstić information content (AvgIpc) is 3.40. The van der Waals surface area contributed by atoms with Crippen LogP contribution in [0.1, 0.15) is 35.9 Å². The highest BCUT2D eigenvalue weighted by Gasteiger charge is 2.42. The lowest BCUT2D eigenvalue weighted by Crippen LogP contribution is -2.44. The summed E-state index contributed by atoms with van der Waals surface area (Å²) in [4.78, 5) is 9.41. The number of aliphatic hydroxyl groups is 1. The lowest BCUT2D eigenvalue weighted by atomic mass is 10.0. The largest absolute Gasteiger partial charge is 0.434 e. The summed E-state index contributed by atoms with van der Waals surface area (Å²) in [6, 6.07) is 5.08. The van der Waals surface area contributed by atoms with Crippen LogP contribution in [0.4, 0.5) is 19.0 Å². The lowest BCUT2D eigenvalue weighted by molar-refractivity contribution is -0.141. The van der Waals surface area contributed by atoms with E-state index in [9.17, 15) is 26.7 Å². The number of benzene rings is 1. The maximum absolute atomic E-state index is 13.3. The summed E-state index contributed by atoms with van der Waals surface area (Å²) in [5, 5.41) is 11.0. The van der Waals surface area contributed by atoms with Crippen molar-refractivity contribution in [1.82, 2.24) is 24.0 Å². The number of aromatic nitrogens is 3. The molecule has 3 aromatic rings. The average molecular weight is 497 g/mol. The van der Waals surface area contributed by atoms with Crippen LogP contribution in [0.15, 0.2) is 30.6 Å². The van der Waals surface area contributed by atoms with Crippen LogP contribution in [0, 0.1) is 5.92 Å². The predicted octanol–water partition coefficient (Wildman–Crippen LogP) is 2.13. The van der Waals surface area contributed by atoms with Gasteiger partial charge in [0.1, 0.15) is 6.23 Å². The minimum Gasteiger partial charge on any atom is -0.381 e. The Morgan fingerprint density at radius 3 is 2.71 bits per heavy atom. The highest BCUT2D eigenvalue weighted by Crippen LogP contribution is 2.43. The third kappa shape index (κ3) is 4.24. The van der Waals surface area contributed by atoms with Gasteiger partial charge in [0, 0.05) is 30.9 Å². The molecule has 1 saturated carbocycles. The molecule has 0 spiro atoms. The zero-order valence-electron chi connectivity index (χ0n) is 18.1. The zero-order chi connectivity index (χ0) is 24.4. The van der Waals surface area contributed by atoms with Gasteiger partial charge in [-0.05, 0) is 36.0 Å². The van der Waals surface area contributed by atoms with Gasteiger partial charge in [0.2, 0.25) is 10.0 Å². The van der Waals surface area contributed by atoms with E-state index in [4.69, 9.17) is 5.73 Å². The van der Waals surface area contributed by atoms with Crippen molar-refractivity contribution in [3.8, 4) is 11.3 Å². The Balaban J connectivity index is 1.48. The molecule has 2 atom stereocenters. The molecule has 0 bridgehead atoms. The number of nitrogens with two attached hydrogens (primary N) is 1. The maximum Gasteiger partial charge on any atom is 0.434 e. The number of rotatable bonds is 6. The Labute approximate surface area is 193 Å². The highest BCUT2D eigenvalue weighted by molar-refractivity contribution is 7.88. The molecule has 182 valence electrons. The summed E-state index contributed by atoms with van der Waals surface area (Å²) in [5.74, 6) is -0.0396. The van der Waals surface area contributed by atoms with Crippen LogP contribution in [-0.4, -0.2) is 51.6 Å². The summed E-state index contributed by atoms with van der Waals surface area (Å²) in [6.45, 7) is 0.576. The molecule has 2 aliphatic rings. The molecule has 1 aromatic carbocycles. The fraction of sp³-hybridized carbons (Fsp3) is 0.429. The minimum absolute atomic E-state index is 0.116. The van der Waals surface area contributed by atoms with Crippen LogP contribution in [-0.2, 0) is 22.7 Å². The standard InChI is InChI=1S/C21H23F3N6O3S/c1-34(32,33)27-8-16(11-2-3-11)30-9-13-6-12(4-5-14(13)20(30)31)15-7-26-19-18(25)28-17(10-29(15)19)21(22,23)24/h4-7,10-11,16,20,27,31H,2-3,8-9H2,1H3,(H2,25,28). The van der Waals surface area contributed by atoms with Crippen LogP contribution in [0.3, 0.4) is 0 Å². The zero-order valence-corrected chi connectivity index (χ0v) is 18.9. The van der Waals surface area contributed by atoms with Crippen molar-refractivity contribution in [3.63, 3.8) is 0 Å². The molecule has 0 radical (unpaired) electrons. The molecule has 34 heavy (non-hydrogen) atoms. The van der Waals surface area contributed by atoms with Gasteiger partial charge in [-0.25, -0.2) is 23.1 Å². The molecule has 3 heterocycles. The molecule has 1 fully saturated rings. The summed E-state index contributed by atoms with van der Waals surface area (Å²) in [5.41, 5.74) is 7.21. The molecule has 13 heteroatoms. The number of aliphatic hydroxyl groups excluding tert-OH is 1. The SMILES string of the molecule is CS(=O)(=O)NCC(C1CC1)N1Cc2cc(-c3cnc4c(N)nc(C(F)(F)F)cn34)ccc2C1O. The lowest BCUT2D eigenvalue weighted by Gasteiger charge is -2.30. The summed E-state index contributed by atoms with van der Waals surface area (Å²) >= 11 is 0. The van der Waals surface area contributed by atoms with E-state index in [0.29, 0.717) is 23.4 Å². The van der Waals surface area contributed by atoms with Gasteiger partial charge >= 0.3 is 6.18 Å². The molecule has 2 aromatic heterocycles. The van der Waals surface area contributed by atoms with Gasteiger partial charge in [-0.15, -0.1) is 0 Å². The summed E-state index contributed by atoms with van der Waals surface area (Å²) in [7, 11) is -3.38. The number of hydrogen-bond acceptors (Lipinski definition) is 7. The third-order valence-electron chi connectivity index (χ3n) is 6.34. The second-order valence-corrected chi connectivity index (χ2v) is 10.7. The second kappa shape index (κ2) is 7.90. The first-order valence-corrected chi connectivity index (χ1v) is 12.5. The first-order valence-electron chi connectivity index (χ1n) is 10.6. The smallest absolute Gasteiger partial charge is 0.381 e. The van der Waals surface area contributed by atoms with Gasteiger partial charge in [-0.1, -0.05) is 12.1 Å². The molecule has 0 saturated heterocycles. The number of nitrogens with one attached hydrogen (secondary N) is 1. The molecule has 1 aliphatic heterocycles. The Morgan fingerprint density at radius 2 is 2.06 bits per heavy atom. The number of sulfonamides is 1. The molecule has 4 N–H and O–H groups in total. The van der Waals surface area contributed by atoms with E-state index >= 15 is 0 Å². The van der Waals surface area contributed by atoms with E-state index in [2.05, 4.69) is 14.7 Å². The number of nitrogens with zero attached hydrogens (tertiary/aromatic N) is 4. The minimum atomic E-state index is -4.66. The molecule has 5 rings (SSSR count). The van der Waals surface area contributed by atoms with E-state index in [0.717, 1.165) is 30.9 Å². The van der Waals surface area contributed by atoms with E-state index in [-0.39, 0.29) is 30.0 Å². The third-order valence-corrected chi connectivity index (χ3v) is 7.03. The van der Waals surface area contributed by atoms with Gasteiger partial charge in [0.05, 0.1) is 18.1 Å². The monoisotopic (exact) mass is 496 g/mol. The van der Waals surface area contributed by atoms with Crippen LogP contribution < -0.4 is 10.5 Å². The number of anilines is 1. The number of alkyl halides is 3. The van der Waals surface area contributed by atoms with Gasteiger partial charge in [0.15, 0.2) is 17.2 Å². The second-order valence-electron chi connectivity index (χ2n) is 8.83. The van der Waals surface area contributed by atoms with Gasteiger partial charge < -0.3 is 10.8 Å². The van der Waals surface area contributed by atoms with Crippen LogP contribution in [0.5, 0.6) is 0 Å². The number of imidazole rings is 1. The highest BCUT2D eigenvalue weighted by atomic mass is 32.2. The van der Waals surface area contributed by atoms with E-state index < -0.39 is 28.1 Å². The fourth-order valence-corrected chi connectivity index (χ4v) is 5.02. The number of hydrogen-bond donors (Lipinski definition) is 3. The van der Waals surface area contributed by atoms with Crippen molar-refractivity contribution in [2.45, 2.75) is 37.8 Å². The Kier molecular flexibility index (Phi) is 5.35. The predicted molar refractivity (Wildman–Crippen MR) is 118 cm³/mol. The Bertz CT molecular complexity index is 1370. The summed E-state index contributed by atoms with van der Waals surface area (Å²) < 4.78 is 66.8. The van der Waals surface area contributed by atoms with Gasteiger partial charge in [0.25, 0.3) is 0 Å². The molecular formula is C21H23F3N6O3S. The number of nitrogen functional groups attached to an aromatic ring is 1. The first kappa shape index (κ1) is 23.0. The van der Waals surface area contributed by atoms with Gasteiger partial charge in [-0.3, -0.25) is 9.30 Å². The van der Waals surface area contributed by atoms with E-state index in [1.54, 1.807) is 18.2 Å². The van der Waals surface area contributed by atoms with Gasteiger partial charge in [-0.2, -0.15) is 13.2 Å². The van der Waals surface area contributed by atoms with Crippen LogP contribution >= 0.6 is 0 Å². The van der Waals surface area contributed by atoms with Crippen molar-refractivity contribution in [3.05, 3.63) is 47.4 Å². The van der Waals surface area contributed by atoms with Crippen molar-refractivity contribution in [2.75, 3.05) is 18.5 Å². The molecular weight excluding hydrogens is 473 g/mol. The van der Waals surface area contributed by atoms with E-state index in [1.807, 2.05) is 4.90 Å². The fourth-order valence-electron chi connectivity index (χ4n) is 4.55. The molecule has 9 nitrogen and oxygen atoms in total. The Morgan fingerprint density at radius 1 is 1.32 bits per heavy atom. The van der Waals surface area contributed by atoms with Crippen LogP contribution in [0.25, 0.3) is 16.9 Å². The van der Waals surface area contributed by atoms with Crippen molar-refractivity contribution < 1.29 is 26.7 Å². The molecule has 1 aliphatic carbocycles. The van der Waals surface area contributed by atoms with Crippen molar-refractivity contribution in [2.24, 2.45) is 5.92 Å². The Hall–Kier alpha value is -2.74. The summed E-state index contributed by atoms with van der Waals surface area (Å²) in [6.07, 6.45) is -0.260. The van der Waals surface area contributed by atoms with Crippen molar-refractivity contribution >= 4 is 21.5 Å². The molecule has 0 amide bonds. The topological polar surface area (TPSA) is 126 Å². The first-order chi connectivity index (χ1) is 15.9. The number of halogens is 3. The maximum atomic E-state index is 13.3. The van der Waals surface area contributed by atoms with E-state index in [1.165, 1.54) is 10.6 Å². The molecule has 2 unspecified atom stereocenters. The van der Waals surface area contributed by atoms with Crippen molar-refractivity contribution in [1.29, 1.82) is 0 Å². The number of fused-ring (bicyclic) bond motifs is 2. The quantitative estimate of drug-likeness (QED) is 0.477. The van der Waals surface area contributed by atoms with Crippen LogP contribution in [0.2, 0.25) is 0 Å². The normalized spacial score (nSPS) is 20.1.